The van der Waals surface area contributed by atoms with Crippen LogP contribution in [0.1, 0.15) is 24.8 Å². The molecule has 1 amide bonds. The van der Waals surface area contributed by atoms with Gasteiger partial charge in [0.25, 0.3) is 0 Å². The molecule has 1 aromatic rings. The Morgan fingerprint density at radius 3 is 2.47 bits per heavy atom. The van der Waals surface area contributed by atoms with Gasteiger partial charge in [0.15, 0.2) is 0 Å². The number of nitrogens with zero attached hydrogens (tertiary/aromatic N) is 2. The Hall–Kier alpha value is -1.35. The van der Waals surface area contributed by atoms with Crippen LogP contribution in [-0.2, 0) is 4.79 Å². The van der Waals surface area contributed by atoms with E-state index < -0.39 is 0 Å². The molecule has 3 nitrogen and oxygen atoms in total. The SMILES string of the molecule is CCN1CCN(C(=O)[C@H]2C[C@@H]2c2ccccc2)CC1. The van der Waals surface area contributed by atoms with E-state index in [1.807, 2.05) is 6.07 Å². The first-order valence-corrected chi connectivity index (χ1v) is 7.35. The number of carbonyl (C=O) groups excluding carboxylic acids is 1. The Bertz CT molecular complexity index is 437. The predicted octanol–water partition coefficient (Wildman–Crippen LogP) is 1.95. The summed E-state index contributed by atoms with van der Waals surface area (Å²) in [5.41, 5.74) is 1.33. The third-order valence-corrected chi connectivity index (χ3v) is 4.47. The van der Waals surface area contributed by atoms with E-state index in [2.05, 4.69) is 41.0 Å². The minimum absolute atomic E-state index is 0.246. The highest BCUT2D eigenvalue weighted by Crippen LogP contribution is 2.48. The molecule has 0 aromatic heterocycles. The summed E-state index contributed by atoms with van der Waals surface area (Å²) in [6.45, 7) is 7.16. The molecule has 0 bridgehead atoms. The van der Waals surface area contributed by atoms with Crippen molar-refractivity contribution in [3.8, 4) is 0 Å². The lowest BCUT2D eigenvalue weighted by atomic mass is 10.1. The number of rotatable bonds is 3. The molecule has 0 unspecified atom stereocenters. The summed E-state index contributed by atoms with van der Waals surface area (Å²) in [7, 11) is 0. The molecule has 3 heteroatoms. The maximum atomic E-state index is 12.4. The molecule has 2 fully saturated rings. The molecule has 1 aromatic carbocycles. The summed E-state index contributed by atoms with van der Waals surface area (Å²) in [6.07, 6.45) is 1.04. The van der Waals surface area contributed by atoms with Crippen LogP contribution in [0.15, 0.2) is 30.3 Å². The van der Waals surface area contributed by atoms with Crippen LogP contribution >= 0.6 is 0 Å². The number of piperazine rings is 1. The van der Waals surface area contributed by atoms with E-state index in [9.17, 15) is 4.79 Å². The number of benzene rings is 1. The number of carbonyl (C=O) groups is 1. The molecule has 102 valence electrons. The second-order valence-corrected chi connectivity index (χ2v) is 5.62. The predicted molar refractivity (Wildman–Crippen MR) is 76.0 cm³/mol. The molecule has 1 saturated carbocycles. The zero-order chi connectivity index (χ0) is 13.2. The maximum absolute atomic E-state index is 12.4. The number of likely N-dealkylation sites (N-methyl/N-ethyl adjacent to an activating group) is 1. The van der Waals surface area contributed by atoms with E-state index >= 15 is 0 Å². The van der Waals surface area contributed by atoms with Gasteiger partial charge in [0.05, 0.1) is 0 Å². The first-order valence-electron chi connectivity index (χ1n) is 7.35. The molecule has 0 radical (unpaired) electrons. The fourth-order valence-electron chi connectivity index (χ4n) is 3.06. The molecule has 0 spiro atoms. The van der Waals surface area contributed by atoms with Gasteiger partial charge in [-0.15, -0.1) is 0 Å². The number of hydrogen-bond acceptors (Lipinski definition) is 2. The van der Waals surface area contributed by atoms with Gasteiger partial charge in [0, 0.05) is 32.1 Å². The third kappa shape index (κ3) is 2.66. The van der Waals surface area contributed by atoms with Gasteiger partial charge in [0.1, 0.15) is 0 Å². The second kappa shape index (κ2) is 5.33. The lowest BCUT2D eigenvalue weighted by Crippen LogP contribution is -2.49. The van der Waals surface area contributed by atoms with E-state index in [1.165, 1.54) is 5.56 Å². The molecule has 19 heavy (non-hydrogen) atoms. The minimum atomic E-state index is 0.246. The van der Waals surface area contributed by atoms with Crippen LogP contribution in [0.4, 0.5) is 0 Å². The molecule has 1 aliphatic heterocycles. The molecule has 0 N–H and O–H groups in total. The second-order valence-electron chi connectivity index (χ2n) is 5.62. The summed E-state index contributed by atoms with van der Waals surface area (Å²) < 4.78 is 0. The average molecular weight is 258 g/mol. The third-order valence-electron chi connectivity index (χ3n) is 4.47. The van der Waals surface area contributed by atoms with Gasteiger partial charge in [-0.2, -0.15) is 0 Å². The highest BCUT2D eigenvalue weighted by molar-refractivity contribution is 5.83. The van der Waals surface area contributed by atoms with Gasteiger partial charge >= 0.3 is 0 Å². The van der Waals surface area contributed by atoms with Crippen molar-refractivity contribution in [2.24, 2.45) is 5.92 Å². The fourth-order valence-corrected chi connectivity index (χ4v) is 3.06. The van der Waals surface area contributed by atoms with Crippen LogP contribution in [0, 0.1) is 5.92 Å². The van der Waals surface area contributed by atoms with Crippen molar-refractivity contribution in [3.05, 3.63) is 35.9 Å². The first kappa shape index (κ1) is 12.7. The smallest absolute Gasteiger partial charge is 0.226 e. The highest BCUT2D eigenvalue weighted by atomic mass is 16.2. The molecule has 3 rings (SSSR count). The monoisotopic (exact) mass is 258 g/mol. The largest absolute Gasteiger partial charge is 0.340 e. The average Bonchev–Trinajstić information content (AvgIpc) is 3.28. The maximum Gasteiger partial charge on any atom is 0.226 e. The first-order chi connectivity index (χ1) is 9.29. The van der Waals surface area contributed by atoms with Crippen molar-refractivity contribution in [2.75, 3.05) is 32.7 Å². The van der Waals surface area contributed by atoms with Crippen molar-refractivity contribution >= 4 is 5.91 Å². The van der Waals surface area contributed by atoms with Crippen LogP contribution in [0.5, 0.6) is 0 Å². The summed E-state index contributed by atoms with van der Waals surface area (Å²) in [5, 5.41) is 0. The van der Waals surface area contributed by atoms with Crippen molar-refractivity contribution in [1.82, 2.24) is 9.80 Å². The van der Waals surface area contributed by atoms with Crippen molar-refractivity contribution < 1.29 is 4.79 Å². The Kier molecular flexibility index (Phi) is 3.56. The van der Waals surface area contributed by atoms with Gasteiger partial charge in [0.2, 0.25) is 5.91 Å². The number of amides is 1. The number of hydrogen-bond donors (Lipinski definition) is 0. The van der Waals surface area contributed by atoms with Crippen molar-refractivity contribution in [2.45, 2.75) is 19.3 Å². The molecule has 2 aliphatic rings. The van der Waals surface area contributed by atoms with E-state index in [4.69, 9.17) is 0 Å². The fraction of sp³-hybridized carbons (Fsp3) is 0.562. The van der Waals surface area contributed by atoms with Crippen molar-refractivity contribution in [1.29, 1.82) is 0 Å². The Morgan fingerprint density at radius 2 is 1.84 bits per heavy atom. The molecule has 2 atom stereocenters. The summed E-state index contributed by atoms with van der Waals surface area (Å²) in [5.74, 6) is 1.10. The van der Waals surface area contributed by atoms with Crippen LogP contribution < -0.4 is 0 Å². The zero-order valence-corrected chi connectivity index (χ0v) is 11.6. The Balaban J connectivity index is 1.56. The molecular formula is C16H22N2O. The summed E-state index contributed by atoms with van der Waals surface area (Å²) in [6, 6.07) is 10.5. The minimum Gasteiger partial charge on any atom is -0.340 e. The normalized spacial score (nSPS) is 27.3. The van der Waals surface area contributed by atoms with E-state index in [-0.39, 0.29) is 5.92 Å². The lowest BCUT2D eigenvalue weighted by molar-refractivity contribution is -0.134. The lowest BCUT2D eigenvalue weighted by Gasteiger charge is -2.34. The Labute approximate surface area is 115 Å². The van der Waals surface area contributed by atoms with Gasteiger partial charge in [-0.1, -0.05) is 37.3 Å². The van der Waals surface area contributed by atoms with Crippen molar-refractivity contribution in [3.63, 3.8) is 0 Å². The van der Waals surface area contributed by atoms with Crippen LogP contribution in [-0.4, -0.2) is 48.4 Å². The van der Waals surface area contributed by atoms with Gasteiger partial charge in [-0.05, 0) is 24.4 Å². The van der Waals surface area contributed by atoms with Crippen LogP contribution in [0.3, 0.4) is 0 Å². The van der Waals surface area contributed by atoms with Gasteiger partial charge in [-0.25, -0.2) is 0 Å². The van der Waals surface area contributed by atoms with Gasteiger partial charge < -0.3 is 9.80 Å². The van der Waals surface area contributed by atoms with E-state index in [0.717, 1.165) is 39.1 Å². The molecule has 1 aliphatic carbocycles. The van der Waals surface area contributed by atoms with Gasteiger partial charge in [-0.3, -0.25) is 4.79 Å². The van der Waals surface area contributed by atoms with E-state index in [0.29, 0.717) is 11.8 Å². The topological polar surface area (TPSA) is 23.6 Å². The molecule has 1 heterocycles. The summed E-state index contributed by atoms with van der Waals surface area (Å²) in [4.78, 5) is 16.9. The zero-order valence-electron chi connectivity index (χ0n) is 11.6. The van der Waals surface area contributed by atoms with E-state index in [1.54, 1.807) is 0 Å². The highest BCUT2D eigenvalue weighted by Gasteiger charge is 2.45. The summed E-state index contributed by atoms with van der Waals surface area (Å²) >= 11 is 0. The molecular weight excluding hydrogens is 236 g/mol. The van der Waals surface area contributed by atoms with Crippen LogP contribution in [0.25, 0.3) is 0 Å². The van der Waals surface area contributed by atoms with Crippen LogP contribution in [0.2, 0.25) is 0 Å². The Morgan fingerprint density at radius 1 is 1.16 bits per heavy atom. The molecule has 1 saturated heterocycles. The quantitative estimate of drug-likeness (QED) is 0.827. The standard InChI is InChI=1S/C16H22N2O/c1-2-17-8-10-18(11-9-17)16(19)15-12-14(15)13-6-4-3-5-7-13/h3-7,14-15H,2,8-12H2,1H3/t14-,15+/m1/s1.